The van der Waals surface area contributed by atoms with Gasteiger partial charge in [0.05, 0.1) is 18.4 Å². The van der Waals surface area contributed by atoms with Crippen molar-refractivity contribution < 1.29 is 12.6 Å². The smallest absolute Gasteiger partial charge is 0.264 e. The molecule has 1 aromatic heterocycles. The van der Waals surface area contributed by atoms with Crippen molar-refractivity contribution in [2.24, 2.45) is 0 Å². The number of aromatic nitrogens is 1. The molecule has 24 heavy (non-hydrogen) atoms. The first-order valence-corrected chi connectivity index (χ1v) is 10.3. The third-order valence-corrected chi connectivity index (χ3v) is 4.98. The third kappa shape index (κ3) is 4.18. The second-order valence-corrected chi connectivity index (χ2v) is 8.17. The van der Waals surface area contributed by atoms with E-state index in [1.54, 1.807) is 0 Å². The summed E-state index contributed by atoms with van der Waals surface area (Å²) in [7, 11) is -3.38. The lowest BCUT2D eigenvalue weighted by molar-refractivity contribution is 0.319. The van der Waals surface area contributed by atoms with Crippen LogP contribution in [0.4, 0.5) is 5.69 Å². The van der Waals surface area contributed by atoms with Crippen LogP contribution in [-0.4, -0.2) is 32.8 Å². The molecule has 0 fully saturated rings. The van der Waals surface area contributed by atoms with Crippen molar-refractivity contribution in [2.45, 2.75) is 32.1 Å². The van der Waals surface area contributed by atoms with Gasteiger partial charge in [-0.05, 0) is 55.9 Å². The molecule has 0 radical (unpaired) electrons. The molecule has 0 aliphatic heterocycles. The highest BCUT2D eigenvalue weighted by Gasteiger charge is 2.18. The Morgan fingerprint density at radius 3 is 2.88 bits per heavy atom. The zero-order valence-electron chi connectivity index (χ0n) is 13.6. The molecule has 0 saturated heterocycles. The van der Waals surface area contributed by atoms with Crippen molar-refractivity contribution in [3.63, 3.8) is 0 Å². The van der Waals surface area contributed by atoms with Crippen LogP contribution < -0.4 is 5.32 Å². The quantitative estimate of drug-likeness (QED) is 0.623. The molecule has 5 nitrogen and oxygen atoms in total. The van der Waals surface area contributed by atoms with Crippen LogP contribution in [0.5, 0.6) is 0 Å². The lowest BCUT2D eigenvalue weighted by atomic mass is 9.92. The average Bonchev–Trinajstić information content (AvgIpc) is 2.52. The first-order chi connectivity index (χ1) is 11.4. The predicted octanol–water partition coefficient (Wildman–Crippen LogP) is 3.55. The number of halogens is 1. The van der Waals surface area contributed by atoms with E-state index in [1.807, 2.05) is 18.2 Å². The zero-order valence-corrected chi connectivity index (χ0v) is 15.2. The minimum Gasteiger partial charge on any atom is -0.384 e. The fourth-order valence-corrected chi connectivity index (χ4v) is 3.68. The summed E-state index contributed by atoms with van der Waals surface area (Å²) in [6.07, 6.45) is 6.01. The van der Waals surface area contributed by atoms with Gasteiger partial charge < -0.3 is 5.32 Å². The molecule has 1 aliphatic rings. The Labute approximate surface area is 147 Å². The molecular formula is C17H21ClN2O3S. The van der Waals surface area contributed by atoms with E-state index in [1.165, 1.54) is 12.0 Å². The van der Waals surface area contributed by atoms with E-state index >= 15 is 0 Å². The molecule has 0 unspecified atom stereocenters. The van der Waals surface area contributed by atoms with E-state index in [-0.39, 0.29) is 6.61 Å². The molecule has 0 atom stereocenters. The van der Waals surface area contributed by atoms with Crippen molar-refractivity contribution in [2.75, 3.05) is 24.7 Å². The number of nitrogens with zero attached hydrogens (tertiary/aromatic N) is 1. The summed E-state index contributed by atoms with van der Waals surface area (Å²) in [5.41, 5.74) is 4.43. The molecule has 1 aliphatic carbocycles. The van der Waals surface area contributed by atoms with Gasteiger partial charge in [-0.3, -0.25) is 9.17 Å². The Kier molecular flexibility index (Phi) is 5.27. The second kappa shape index (κ2) is 7.25. The molecule has 0 amide bonds. The highest BCUT2D eigenvalue weighted by molar-refractivity contribution is 7.85. The maximum atomic E-state index is 11.0. The molecule has 7 heteroatoms. The van der Waals surface area contributed by atoms with Crippen molar-refractivity contribution in [3.8, 4) is 0 Å². The number of nitrogens with one attached hydrogen (secondary N) is 1. The Balaban J connectivity index is 1.82. The molecular weight excluding hydrogens is 348 g/mol. The van der Waals surface area contributed by atoms with Crippen LogP contribution >= 0.6 is 11.6 Å². The molecule has 0 spiro atoms. The molecule has 1 N–H and O–H groups in total. The molecule has 1 heterocycles. The van der Waals surface area contributed by atoms with Gasteiger partial charge in [-0.1, -0.05) is 11.6 Å². The highest BCUT2D eigenvalue weighted by atomic mass is 35.5. The Morgan fingerprint density at radius 1 is 1.29 bits per heavy atom. The number of hydrogen-bond donors (Lipinski definition) is 1. The van der Waals surface area contributed by atoms with Crippen molar-refractivity contribution >= 4 is 38.3 Å². The Morgan fingerprint density at radius 2 is 2.08 bits per heavy atom. The van der Waals surface area contributed by atoms with Gasteiger partial charge in [-0.2, -0.15) is 8.42 Å². The van der Waals surface area contributed by atoms with Crippen molar-refractivity contribution in [1.82, 2.24) is 4.98 Å². The molecule has 0 saturated carbocycles. The van der Waals surface area contributed by atoms with Gasteiger partial charge in [0, 0.05) is 28.3 Å². The topological polar surface area (TPSA) is 68.3 Å². The number of pyridine rings is 1. The first kappa shape index (κ1) is 17.5. The van der Waals surface area contributed by atoms with Crippen LogP contribution in [0.3, 0.4) is 0 Å². The van der Waals surface area contributed by atoms with E-state index < -0.39 is 10.1 Å². The summed E-state index contributed by atoms with van der Waals surface area (Å²) in [5, 5.41) is 5.20. The van der Waals surface area contributed by atoms with E-state index in [0.29, 0.717) is 18.0 Å². The molecule has 130 valence electrons. The lowest BCUT2D eigenvalue weighted by Crippen LogP contribution is -2.14. The minimum absolute atomic E-state index is 0.183. The van der Waals surface area contributed by atoms with Gasteiger partial charge >= 0.3 is 0 Å². The van der Waals surface area contributed by atoms with Gasteiger partial charge in [0.1, 0.15) is 0 Å². The highest BCUT2D eigenvalue weighted by Crippen LogP contribution is 2.34. The fourth-order valence-electron chi connectivity index (χ4n) is 3.10. The maximum Gasteiger partial charge on any atom is 0.264 e. The first-order valence-electron chi connectivity index (χ1n) is 8.13. The van der Waals surface area contributed by atoms with Gasteiger partial charge in [0.2, 0.25) is 0 Å². The van der Waals surface area contributed by atoms with Crippen molar-refractivity contribution in [3.05, 3.63) is 34.5 Å². The van der Waals surface area contributed by atoms with Gasteiger partial charge in [-0.15, -0.1) is 0 Å². The van der Waals surface area contributed by atoms with E-state index in [0.717, 1.165) is 47.8 Å². The van der Waals surface area contributed by atoms with Gasteiger partial charge in [-0.25, -0.2) is 0 Å². The summed E-state index contributed by atoms with van der Waals surface area (Å²) in [4.78, 5) is 4.79. The number of anilines is 1. The number of fused-ring (bicyclic) bond motifs is 2. The summed E-state index contributed by atoms with van der Waals surface area (Å²) in [5.74, 6) is 0. The second-order valence-electron chi connectivity index (χ2n) is 6.09. The molecule has 1 aromatic carbocycles. The average molecular weight is 369 g/mol. The molecule has 3 rings (SSSR count). The summed E-state index contributed by atoms with van der Waals surface area (Å²) in [6.45, 7) is 0.826. The third-order valence-electron chi connectivity index (χ3n) is 4.15. The van der Waals surface area contributed by atoms with Gasteiger partial charge in [0.25, 0.3) is 10.1 Å². The van der Waals surface area contributed by atoms with Gasteiger partial charge in [0.15, 0.2) is 0 Å². The summed E-state index contributed by atoms with van der Waals surface area (Å²) < 4.78 is 26.8. The van der Waals surface area contributed by atoms with Crippen LogP contribution in [0.25, 0.3) is 10.9 Å². The number of hydrogen-bond acceptors (Lipinski definition) is 5. The van der Waals surface area contributed by atoms with E-state index in [4.69, 9.17) is 20.8 Å². The molecule has 0 bridgehead atoms. The Hall–Kier alpha value is -1.37. The number of rotatable bonds is 6. The van der Waals surface area contributed by atoms with Crippen LogP contribution in [0.1, 0.15) is 30.5 Å². The van der Waals surface area contributed by atoms with Crippen LogP contribution in [0.15, 0.2) is 18.2 Å². The van der Waals surface area contributed by atoms with Crippen LogP contribution in [0.2, 0.25) is 5.02 Å². The summed E-state index contributed by atoms with van der Waals surface area (Å²) in [6, 6.07) is 5.76. The predicted molar refractivity (Wildman–Crippen MR) is 97.3 cm³/mol. The largest absolute Gasteiger partial charge is 0.384 e. The monoisotopic (exact) mass is 368 g/mol. The minimum atomic E-state index is -3.38. The fraction of sp³-hybridized carbons (Fsp3) is 0.471. The number of aryl methyl sites for hydroxylation is 1. The summed E-state index contributed by atoms with van der Waals surface area (Å²) >= 11 is 6.11. The van der Waals surface area contributed by atoms with Crippen molar-refractivity contribution in [1.29, 1.82) is 0 Å². The van der Waals surface area contributed by atoms with Crippen LogP contribution in [0, 0.1) is 0 Å². The SMILES string of the molecule is CS(=O)(=O)OCCCNc1c2c(nc3cc(Cl)ccc13)CCCC2. The lowest BCUT2D eigenvalue weighted by Gasteiger charge is -2.21. The molecule has 2 aromatic rings. The maximum absolute atomic E-state index is 11.0. The van der Waals surface area contributed by atoms with E-state index in [2.05, 4.69) is 5.32 Å². The standard InChI is InChI=1S/C17H21ClN2O3S/c1-24(21,22)23-10-4-9-19-17-13-5-2-3-6-15(13)20-16-11-12(18)7-8-14(16)17/h7-8,11H,2-6,9-10H2,1H3,(H,19,20). The number of benzene rings is 1. The van der Waals surface area contributed by atoms with E-state index in [9.17, 15) is 8.42 Å². The Bertz CT molecular complexity index is 853. The zero-order chi connectivity index (χ0) is 17.2. The normalized spacial score (nSPS) is 14.6. The van der Waals surface area contributed by atoms with Crippen LogP contribution in [-0.2, 0) is 27.1 Å².